The van der Waals surface area contributed by atoms with Crippen LogP contribution >= 0.6 is 0 Å². The number of hydrogen-bond donors (Lipinski definition) is 1. The molecule has 23 heavy (non-hydrogen) atoms. The van der Waals surface area contributed by atoms with Crippen LogP contribution in [-0.2, 0) is 14.4 Å². The second kappa shape index (κ2) is 19.4. The van der Waals surface area contributed by atoms with Crippen LogP contribution in [0.5, 0.6) is 0 Å². The Morgan fingerprint density at radius 1 is 0.652 bits per heavy atom. The number of carbonyl (C=O) groups excluding carboxylic acids is 1. The highest BCUT2D eigenvalue weighted by molar-refractivity contribution is 5.68. The zero-order valence-corrected chi connectivity index (χ0v) is 15.2. The second-order valence-electron chi connectivity index (χ2n) is 6.46. The zero-order chi connectivity index (χ0) is 17.0. The molecular formula is C19H38O4. The van der Waals surface area contributed by atoms with Gasteiger partial charge in [-0.3, -0.25) is 10.1 Å². The van der Waals surface area contributed by atoms with Gasteiger partial charge in [0.05, 0.1) is 13.7 Å². The summed E-state index contributed by atoms with van der Waals surface area (Å²) in [5.74, 6) is -0.0795. The molecule has 138 valence electrons. The highest BCUT2D eigenvalue weighted by Crippen LogP contribution is 2.13. The molecule has 0 saturated carbocycles. The number of ether oxygens (including phenoxy) is 1. The monoisotopic (exact) mass is 330 g/mol. The molecule has 0 aromatic heterocycles. The zero-order valence-electron chi connectivity index (χ0n) is 15.2. The van der Waals surface area contributed by atoms with Gasteiger partial charge < -0.3 is 4.74 Å². The Labute approximate surface area is 142 Å². The fourth-order valence-corrected chi connectivity index (χ4v) is 2.84. The number of carbonyl (C=O) groups is 1. The van der Waals surface area contributed by atoms with Crippen molar-refractivity contribution < 1.29 is 19.7 Å². The minimum absolute atomic E-state index is 0.0795. The summed E-state index contributed by atoms with van der Waals surface area (Å²) in [6.07, 6.45) is 19.5. The van der Waals surface area contributed by atoms with E-state index < -0.39 is 0 Å². The van der Waals surface area contributed by atoms with E-state index in [1.807, 2.05) is 0 Å². The summed E-state index contributed by atoms with van der Waals surface area (Å²) in [5, 5.41) is 8.19. The number of esters is 1. The van der Waals surface area contributed by atoms with Crippen LogP contribution in [0.1, 0.15) is 103 Å². The van der Waals surface area contributed by atoms with Gasteiger partial charge in [0.1, 0.15) is 0 Å². The maximum absolute atomic E-state index is 10.9. The molecule has 0 aliphatic carbocycles. The molecular weight excluding hydrogens is 292 g/mol. The van der Waals surface area contributed by atoms with Gasteiger partial charge in [-0.15, -0.1) is 0 Å². The summed E-state index contributed by atoms with van der Waals surface area (Å²) in [7, 11) is 1.46. The van der Waals surface area contributed by atoms with Crippen molar-refractivity contribution in [3.63, 3.8) is 0 Å². The maximum atomic E-state index is 10.9. The lowest BCUT2D eigenvalue weighted by atomic mass is 10.0. The van der Waals surface area contributed by atoms with E-state index in [0.29, 0.717) is 13.0 Å². The molecule has 0 radical (unpaired) electrons. The third-order valence-electron chi connectivity index (χ3n) is 4.34. The van der Waals surface area contributed by atoms with Crippen LogP contribution in [0.15, 0.2) is 0 Å². The van der Waals surface area contributed by atoms with Gasteiger partial charge in [0.15, 0.2) is 0 Å². The predicted molar refractivity (Wildman–Crippen MR) is 94.5 cm³/mol. The Kier molecular flexibility index (Phi) is 18.9. The molecule has 0 aromatic rings. The molecule has 0 bridgehead atoms. The molecule has 0 rings (SSSR count). The Balaban J connectivity index is 2.99. The number of rotatable bonds is 18. The van der Waals surface area contributed by atoms with Crippen molar-refractivity contribution in [1.82, 2.24) is 0 Å². The summed E-state index contributed by atoms with van der Waals surface area (Å²) in [5.41, 5.74) is 0. The van der Waals surface area contributed by atoms with E-state index in [1.165, 1.54) is 84.2 Å². The molecule has 4 heteroatoms. The van der Waals surface area contributed by atoms with Gasteiger partial charge in [-0.05, 0) is 12.8 Å². The summed E-state index contributed by atoms with van der Waals surface area (Å²) >= 11 is 0. The minimum atomic E-state index is -0.0795. The van der Waals surface area contributed by atoms with Crippen molar-refractivity contribution in [1.29, 1.82) is 0 Å². The van der Waals surface area contributed by atoms with Gasteiger partial charge in [0.25, 0.3) is 0 Å². The van der Waals surface area contributed by atoms with Crippen LogP contribution in [0.4, 0.5) is 0 Å². The average molecular weight is 331 g/mol. The molecule has 4 nitrogen and oxygen atoms in total. The van der Waals surface area contributed by atoms with E-state index in [1.54, 1.807) is 0 Å². The van der Waals surface area contributed by atoms with Gasteiger partial charge in [-0.25, -0.2) is 4.89 Å². The summed E-state index contributed by atoms with van der Waals surface area (Å²) in [4.78, 5) is 15.0. The smallest absolute Gasteiger partial charge is 0.305 e. The number of hydrogen-bond acceptors (Lipinski definition) is 4. The second-order valence-corrected chi connectivity index (χ2v) is 6.46. The average Bonchev–Trinajstić information content (AvgIpc) is 2.57. The van der Waals surface area contributed by atoms with Crippen molar-refractivity contribution in [2.45, 2.75) is 103 Å². The van der Waals surface area contributed by atoms with Crippen molar-refractivity contribution >= 4 is 5.97 Å². The first-order valence-corrected chi connectivity index (χ1v) is 9.64. The summed E-state index contributed by atoms with van der Waals surface area (Å²) in [6, 6.07) is 0. The fourth-order valence-electron chi connectivity index (χ4n) is 2.84. The van der Waals surface area contributed by atoms with Crippen LogP contribution < -0.4 is 0 Å². The van der Waals surface area contributed by atoms with Crippen molar-refractivity contribution in [2.75, 3.05) is 13.7 Å². The molecule has 0 fully saturated rings. The quantitative estimate of drug-likeness (QED) is 0.147. The first kappa shape index (κ1) is 22.4. The van der Waals surface area contributed by atoms with Gasteiger partial charge in [0.2, 0.25) is 0 Å². The molecule has 0 unspecified atom stereocenters. The molecule has 0 aromatic carbocycles. The largest absolute Gasteiger partial charge is 0.469 e. The van der Waals surface area contributed by atoms with Crippen molar-refractivity contribution in [3.05, 3.63) is 0 Å². The molecule has 0 atom stereocenters. The van der Waals surface area contributed by atoms with Crippen molar-refractivity contribution in [2.24, 2.45) is 0 Å². The van der Waals surface area contributed by atoms with E-state index in [-0.39, 0.29) is 5.97 Å². The van der Waals surface area contributed by atoms with E-state index >= 15 is 0 Å². The number of methoxy groups -OCH3 is 1. The fraction of sp³-hybridized carbons (Fsp3) is 0.947. The van der Waals surface area contributed by atoms with Crippen LogP contribution in [0, 0.1) is 0 Å². The first-order valence-electron chi connectivity index (χ1n) is 9.64. The Morgan fingerprint density at radius 3 is 1.35 bits per heavy atom. The van der Waals surface area contributed by atoms with Gasteiger partial charge in [-0.2, -0.15) is 0 Å². The summed E-state index contributed by atoms with van der Waals surface area (Å²) in [6.45, 7) is 0.477. The third-order valence-corrected chi connectivity index (χ3v) is 4.34. The van der Waals surface area contributed by atoms with E-state index in [0.717, 1.165) is 19.3 Å². The topological polar surface area (TPSA) is 55.8 Å². The standard InChI is InChI=1S/C19H38O4/c1-22-19(20)17-15-13-11-9-7-5-3-2-4-6-8-10-12-14-16-18-23-21/h21H,2-18H2,1H3. The molecule has 1 N–H and O–H groups in total. The highest BCUT2D eigenvalue weighted by Gasteiger charge is 1.99. The molecule has 0 amide bonds. The van der Waals surface area contributed by atoms with E-state index in [9.17, 15) is 4.79 Å². The minimum Gasteiger partial charge on any atom is -0.469 e. The van der Waals surface area contributed by atoms with Crippen LogP contribution in [-0.4, -0.2) is 24.9 Å². The lowest BCUT2D eigenvalue weighted by molar-refractivity contribution is -0.242. The first-order chi connectivity index (χ1) is 11.3. The SMILES string of the molecule is COC(=O)CCCCCCCCCCCCCCCCCOO. The Hall–Kier alpha value is -0.610. The van der Waals surface area contributed by atoms with Gasteiger partial charge in [0, 0.05) is 6.42 Å². The normalized spacial score (nSPS) is 10.9. The Bertz CT molecular complexity index is 244. The molecule has 0 heterocycles. The lowest BCUT2D eigenvalue weighted by Gasteiger charge is -2.03. The van der Waals surface area contributed by atoms with Crippen LogP contribution in [0.25, 0.3) is 0 Å². The van der Waals surface area contributed by atoms with E-state index in [4.69, 9.17) is 5.26 Å². The van der Waals surface area contributed by atoms with Gasteiger partial charge >= 0.3 is 5.97 Å². The summed E-state index contributed by atoms with van der Waals surface area (Å²) < 4.78 is 4.63. The lowest BCUT2D eigenvalue weighted by Crippen LogP contribution is -1.99. The molecule has 0 spiro atoms. The molecule has 0 aliphatic rings. The Morgan fingerprint density at radius 2 is 1.00 bits per heavy atom. The molecule has 0 aliphatic heterocycles. The predicted octanol–water partition coefficient (Wildman–Crippen LogP) is 5.89. The van der Waals surface area contributed by atoms with E-state index in [2.05, 4.69) is 9.62 Å². The highest BCUT2D eigenvalue weighted by atomic mass is 17.1. The number of unbranched alkanes of at least 4 members (excludes halogenated alkanes) is 14. The van der Waals surface area contributed by atoms with Crippen molar-refractivity contribution in [3.8, 4) is 0 Å². The van der Waals surface area contributed by atoms with Crippen LogP contribution in [0.2, 0.25) is 0 Å². The molecule has 0 saturated heterocycles. The van der Waals surface area contributed by atoms with Crippen LogP contribution in [0.3, 0.4) is 0 Å². The van der Waals surface area contributed by atoms with Gasteiger partial charge in [-0.1, -0.05) is 83.5 Å². The maximum Gasteiger partial charge on any atom is 0.305 e. The third kappa shape index (κ3) is 19.3.